The van der Waals surface area contributed by atoms with Gasteiger partial charge >= 0.3 is 0 Å². The van der Waals surface area contributed by atoms with Crippen LogP contribution in [0.1, 0.15) is 26.2 Å². The first kappa shape index (κ1) is 12.3. The van der Waals surface area contributed by atoms with Crippen molar-refractivity contribution in [2.75, 3.05) is 13.1 Å². The molecule has 94 valence electrons. The summed E-state index contributed by atoms with van der Waals surface area (Å²) in [6, 6.07) is 0. The summed E-state index contributed by atoms with van der Waals surface area (Å²) in [5.74, 6) is 0. The summed E-state index contributed by atoms with van der Waals surface area (Å²) in [5, 5.41) is 29.2. The van der Waals surface area contributed by atoms with Crippen molar-refractivity contribution in [1.82, 2.24) is 4.90 Å². The Labute approximate surface area is 95.6 Å². The average Bonchev–Trinajstić information content (AvgIpc) is 2.32. The van der Waals surface area contributed by atoms with Crippen LogP contribution in [0.5, 0.6) is 0 Å². The van der Waals surface area contributed by atoms with Crippen LogP contribution >= 0.6 is 0 Å². The molecule has 0 saturated carbocycles. The number of nitrogens with zero attached hydrogens (tertiary/aromatic N) is 1. The summed E-state index contributed by atoms with van der Waals surface area (Å²) in [6.07, 6.45) is -0.658. The zero-order valence-electron chi connectivity index (χ0n) is 9.62. The highest BCUT2D eigenvalue weighted by Gasteiger charge is 2.44. The molecule has 0 spiro atoms. The maximum absolute atomic E-state index is 9.90. The number of aliphatic hydroxyl groups excluding tert-OH is 3. The number of aliphatic hydroxyl groups is 3. The summed E-state index contributed by atoms with van der Waals surface area (Å²) >= 11 is 0. The molecule has 5 nitrogen and oxygen atoms in total. The topological polar surface area (TPSA) is 73.2 Å². The van der Waals surface area contributed by atoms with Crippen molar-refractivity contribution < 1.29 is 20.1 Å². The van der Waals surface area contributed by atoms with Gasteiger partial charge in [-0.05, 0) is 19.8 Å². The molecular formula is C11H21NO4. The Bertz CT molecular complexity index is 230. The number of rotatable bonds is 1. The molecule has 2 rings (SSSR count). The van der Waals surface area contributed by atoms with Crippen molar-refractivity contribution in [3.63, 3.8) is 0 Å². The SMILES string of the molecule is CC1O[C@H](N2CCCCC2)[C@@H](O)[C@H](O)[C@@H]1O. The van der Waals surface area contributed by atoms with E-state index in [0.717, 1.165) is 25.9 Å². The highest BCUT2D eigenvalue weighted by atomic mass is 16.5. The number of hydrogen-bond donors (Lipinski definition) is 3. The predicted octanol–water partition coefficient (Wildman–Crippen LogP) is -0.700. The maximum Gasteiger partial charge on any atom is 0.139 e. The largest absolute Gasteiger partial charge is 0.388 e. The molecule has 0 radical (unpaired) electrons. The molecule has 2 saturated heterocycles. The third-order valence-electron chi connectivity index (χ3n) is 3.58. The minimum atomic E-state index is -1.12. The Kier molecular flexibility index (Phi) is 3.81. The lowest BCUT2D eigenvalue weighted by Crippen LogP contribution is -2.62. The monoisotopic (exact) mass is 231 g/mol. The Balaban J connectivity index is 2.02. The average molecular weight is 231 g/mol. The molecule has 0 aliphatic carbocycles. The van der Waals surface area contributed by atoms with Crippen LogP contribution in [0.3, 0.4) is 0 Å². The molecule has 0 aromatic heterocycles. The number of piperidine rings is 1. The molecule has 2 aliphatic rings. The quantitative estimate of drug-likeness (QED) is 0.556. The van der Waals surface area contributed by atoms with Crippen molar-refractivity contribution >= 4 is 0 Å². The van der Waals surface area contributed by atoms with Crippen LogP contribution in [0.4, 0.5) is 0 Å². The first-order valence-corrected chi connectivity index (χ1v) is 6.05. The third-order valence-corrected chi connectivity index (χ3v) is 3.58. The summed E-state index contributed by atoms with van der Waals surface area (Å²) in [6.45, 7) is 3.49. The van der Waals surface area contributed by atoms with Crippen molar-refractivity contribution in [2.24, 2.45) is 0 Å². The summed E-state index contributed by atoms with van der Waals surface area (Å²) in [5.41, 5.74) is 0. The van der Waals surface area contributed by atoms with E-state index in [-0.39, 0.29) is 0 Å². The highest BCUT2D eigenvalue weighted by molar-refractivity contribution is 4.91. The standard InChI is InChI=1S/C11H21NO4/c1-7-8(13)9(14)10(15)11(16-7)12-5-3-2-4-6-12/h7-11,13-15H,2-6H2,1H3/t7?,8-,9-,10+,11+/m1/s1. The Hall–Kier alpha value is -0.200. The van der Waals surface area contributed by atoms with Crippen molar-refractivity contribution in [3.8, 4) is 0 Å². The smallest absolute Gasteiger partial charge is 0.139 e. The van der Waals surface area contributed by atoms with Gasteiger partial charge in [-0.1, -0.05) is 6.42 Å². The summed E-state index contributed by atoms with van der Waals surface area (Å²) in [4.78, 5) is 2.06. The molecule has 2 fully saturated rings. The van der Waals surface area contributed by atoms with Crippen LogP contribution in [-0.4, -0.2) is 64.0 Å². The normalized spacial score (nSPS) is 46.9. The molecule has 3 N–H and O–H groups in total. The van der Waals surface area contributed by atoms with Gasteiger partial charge in [0.1, 0.15) is 24.5 Å². The van der Waals surface area contributed by atoms with E-state index in [1.807, 2.05) is 0 Å². The predicted molar refractivity (Wildman–Crippen MR) is 57.8 cm³/mol. The minimum Gasteiger partial charge on any atom is -0.388 e. The third kappa shape index (κ3) is 2.24. The fourth-order valence-electron chi connectivity index (χ4n) is 2.50. The Morgan fingerprint density at radius 1 is 0.938 bits per heavy atom. The van der Waals surface area contributed by atoms with E-state index < -0.39 is 30.6 Å². The van der Waals surface area contributed by atoms with Gasteiger partial charge in [-0.25, -0.2) is 0 Å². The summed E-state index contributed by atoms with van der Waals surface area (Å²) in [7, 11) is 0. The van der Waals surface area contributed by atoms with E-state index >= 15 is 0 Å². The molecule has 16 heavy (non-hydrogen) atoms. The molecule has 2 heterocycles. The maximum atomic E-state index is 9.90. The first-order valence-electron chi connectivity index (χ1n) is 6.05. The van der Waals surface area contributed by atoms with E-state index in [4.69, 9.17) is 4.74 Å². The van der Waals surface area contributed by atoms with Crippen LogP contribution < -0.4 is 0 Å². The second-order valence-corrected chi connectivity index (χ2v) is 4.80. The lowest BCUT2D eigenvalue weighted by atomic mass is 9.97. The van der Waals surface area contributed by atoms with Gasteiger partial charge in [-0.3, -0.25) is 4.90 Å². The first-order chi connectivity index (χ1) is 7.61. The molecule has 2 aliphatic heterocycles. The molecule has 0 amide bonds. The van der Waals surface area contributed by atoms with Crippen LogP contribution in [-0.2, 0) is 4.74 Å². The van der Waals surface area contributed by atoms with Gasteiger partial charge in [-0.15, -0.1) is 0 Å². The second-order valence-electron chi connectivity index (χ2n) is 4.80. The van der Waals surface area contributed by atoms with E-state index in [1.165, 1.54) is 6.42 Å². The zero-order valence-corrected chi connectivity index (χ0v) is 9.62. The van der Waals surface area contributed by atoms with Crippen LogP contribution in [0.15, 0.2) is 0 Å². The molecule has 0 bridgehead atoms. The molecular weight excluding hydrogens is 210 g/mol. The number of hydrogen-bond acceptors (Lipinski definition) is 5. The highest BCUT2D eigenvalue weighted by Crippen LogP contribution is 2.25. The van der Waals surface area contributed by atoms with Crippen molar-refractivity contribution in [1.29, 1.82) is 0 Å². The fourth-order valence-corrected chi connectivity index (χ4v) is 2.50. The molecule has 5 atom stereocenters. The number of ether oxygens (including phenoxy) is 1. The lowest BCUT2D eigenvalue weighted by Gasteiger charge is -2.45. The van der Waals surface area contributed by atoms with Gasteiger partial charge in [0.15, 0.2) is 0 Å². The molecule has 1 unspecified atom stereocenters. The molecule has 5 heteroatoms. The Morgan fingerprint density at radius 2 is 1.56 bits per heavy atom. The van der Waals surface area contributed by atoms with E-state index in [0.29, 0.717) is 0 Å². The Morgan fingerprint density at radius 3 is 2.19 bits per heavy atom. The van der Waals surface area contributed by atoms with Gasteiger partial charge in [0.05, 0.1) is 6.10 Å². The van der Waals surface area contributed by atoms with E-state index in [1.54, 1.807) is 6.92 Å². The minimum absolute atomic E-state index is 0.440. The second kappa shape index (κ2) is 4.98. The van der Waals surface area contributed by atoms with Gasteiger partial charge in [-0.2, -0.15) is 0 Å². The zero-order chi connectivity index (χ0) is 11.7. The van der Waals surface area contributed by atoms with E-state index in [9.17, 15) is 15.3 Å². The molecule has 0 aromatic rings. The van der Waals surface area contributed by atoms with Crippen LogP contribution in [0, 0.1) is 0 Å². The summed E-state index contributed by atoms with van der Waals surface area (Å²) < 4.78 is 5.59. The van der Waals surface area contributed by atoms with Gasteiger partial charge < -0.3 is 20.1 Å². The number of likely N-dealkylation sites (tertiary alicyclic amines) is 1. The van der Waals surface area contributed by atoms with Gasteiger partial charge in [0.25, 0.3) is 0 Å². The van der Waals surface area contributed by atoms with Crippen LogP contribution in [0.2, 0.25) is 0 Å². The fraction of sp³-hybridized carbons (Fsp3) is 1.00. The van der Waals surface area contributed by atoms with Crippen molar-refractivity contribution in [2.45, 2.75) is 56.8 Å². The van der Waals surface area contributed by atoms with Gasteiger partial charge in [0, 0.05) is 13.1 Å². The lowest BCUT2D eigenvalue weighted by molar-refractivity contribution is -0.257. The molecule has 0 aromatic carbocycles. The van der Waals surface area contributed by atoms with E-state index in [2.05, 4.69) is 4.90 Å². The van der Waals surface area contributed by atoms with Gasteiger partial charge in [0.2, 0.25) is 0 Å². The van der Waals surface area contributed by atoms with Crippen LogP contribution in [0.25, 0.3) is 0 Å². The van der Waals surface area contributed by atoms with Crippen molar-refractivity contribution in [3.05, 3.63) is 0 Å².